The van der Waals surface area contributed by atoms with Crippen molar-refractivity contribution < 1.29 is 76.1 Å². The van der Waals surface area contributed by atoms with Gasteiger partial charge in [-0.2, -0.15) is 0 Å². The Morgan fingerprint density at radius 2 is 1.07 bits per heavy atom. The Hall–Kier alpha value is -3.83. The van der Waals surface area contributed by atoms with E-state index >= 15 is 0 Å². The molecule has 2 saturated heterocycles. The van der Waals surface area contributed by atoms with Gasteiger partial charge in [0.1, 0.15) is 31.5 Å². The van der Waals surface area contributed by atoms with E-state index in [9.17, 15) is 28.8 Å². The minimum absolute atomic E-state index is 0.228. The summed E-state index contributed by atoms with van der Waals surface area (Å²) in [6, 6.07) is 0. The Morgan fingerprint density at radius 3 is 1.58 bits per heavy atom. The molecule has 0 bridgehead atoms. The lowest BCUT2D eigenvalue weighted by Crippen LogP contribution is -2.66. The zero-order chi connectivity index (χ0) is 32.0. The molecular formula is C26H35NO16. The second-order valence-electron chi connectivity index (χ2n) is 9.84. The predicted octanol–water partition coefficient (Wildman–Crippen LogP) is -0.508. The van der Waals surface area contributed by atoms with Gasteiger partial charge in [-0.25, -0.2) is 4.99 Å². The normalized spacial score (nSPS) is 33.0. The largest absolute Gasteiger partial charge is 0.469 e. The van der Waals surface area contributed by atoms with Crippen LogP contribution in [0, 0.1) is 0 Å². The van der Waals surface area contributed by atoms with E-state index in [1.807, 2.05) is 0 Å². The van der Waals surface area contributed by atoms with Crippen molar-refractivity contribution in [2.45, 2.75) is 110 Å². The highest BCUT2D eigenvalue weighted by Gasteiger charge is 2.58. The van der Waals surface area contributed by atoms with Crippen molar-refractivity contribution in [1.29, 1.82) is 0 Å². The molecule has 3 rings (SSSR count). The highest BCUT2D eigenvalue weighted by Crippen LogP contribution is 2.36. The fraction of sp³-hybridized carbons (Fsp3) is 0.731. The van der Waals surface area contributed by atoms with Crippen LogP contribution in [0.25, 0.3) is 0 Å². The molecule has 10 atom stereocenters. The Morgan fingerprint density at radius 1 is 0.605 bits per heavy atom. The number of hydrogen-bond acceptors (Lipinski definition) is 17. The average molecular weight is 618 g/mol. The van der Waals surface area contributed by atoms with E-state index in [-0.39, 0.29) is 12.5 Å². The average Bonchev–Trinajstić information content (AvgIpc) is 3.25. The van der Waals surface area contributed by atoms with Crippen LogP contribution in [0.3, 0.4) is 0 Å². The third kappa shape index (κ3) is 9.08. The number of carbonyl (C=O) groups excluding carboxylic acids is 6. The Bertz CT molecular complexity index is 1120. The molecular weight excluding hydrogens is 582 g/mol. The van der Waals surface area contributed by atoms with E-state index in [0.29, 0.717) is 0 Å². The fourth-order valence-electron chi connectivity index (χ4n) is 4.81. The van der Waals surface area contributed by atoms with Gasteiger partial charge in [0.15, 0.2) is 48.9 Å². The maximum Gasteiger partial charge on any atom is 0.303 e. The van der Waals surface area contributed by atoms with Crippen LogP contribution >= 0.6 is 0 Å². The first kappa shape index (κ1) is 33.7. The number of carbonyl (C=O) groups is 6. The second kappa shape index (κ2) is 14.6. The standard InChI is InChI=1S/C26H35NO16/c1-10-27-25-23(36-10)21(38-14(5)31)20(17(41-25)8-34-11(2)28)43-26-24(40-16(7)33)22(39-15(6)32)19(37-13(4)30)18(42-26)9-35-12(3)29/h17-26H,8-9H2,1-7H3/t17-,18-,19-,20-,21+,22+,23-,24-,25?,26+/m1/s1. The molecule has 0 spiro atoms. The zero-order valence-corrected chi connectivity index (χ0v) is 24.7. The molecule has 2 fully saturated rings. The van der Waals surface area contributed by atoms with Crippen molar-refractivity contribution in [3.8, 4) is 0 Å². The third-order valence-electron chi connectivity index (χ3n) is 6.22. The molecule has 0 radical (unpaired) electrons. The van der Waals surface area contributed by atoms with E-state index in [1.165, 1.54) is 6.92 Å². The van der Waals surface area contributed by atoms with Gasteiger partial charge in [0.25, 0.3) is 0 Å². The summed E-state index contributed by atoms with van der Waals surface area (Å²) < 4.78 is 56.0. The molecule has 17 nitrogen and oxygen atoms in total. The Kier molecular flexibility index (Phi) is 11.4. The summed E-state index contributed by atoms with van der Waals surface area (Å²) in [5, 5.41) is 0. The topological polar surface area (TPSA) is 207 Å². The van der Waals surface area contributed by atoms with Gasteiger partial charge in [-0.15, -0.1) is 0 Å². The van der Waals surface area contributed by atoms with Gasteiger partial charge in [0, 0.05) is 48.5 Å². The van der Waals surface area contributed by atoms with Crippen LogP contribution in [0.15, 0.2) is 4.99 Å². The minimum Gasteiger partial charge on any atom is -0.469 e. The molecule has 3 heterocycles. The SMILES string of the molecule is CC(=O)OC[C@H]1O[C@@H](O[C@H]2[C@H](OC(C)=O)[C@H]3OC(C)=NC3O[C@@H]2COC(C)=O)[C@H](OC(C)=O)[C@@H](OC(C)=O)[C@@H]1OC(C)=O. The van der Waals surface area contributed by atoms with E-state index < -0.39 is 104 Å². The van der Waals surface area contributed by atoms with Crippen LogP contribution in [0.1, 0.15) is 48.5 Å². The lowest BCUT2D eigenvalue weighted by molar-refractivity contribution is -0.342. The first-order valence-corrected chi connectivity index (χ1v) is 13.3. The molecule has 43 heavy (non-hydrogen) atoms. The second-order valence-corrected chi connectivity index (χ2v) is 9.84. The van der Waals surface area contributed by atoms with Crippen molar-refractivity contribution in [2.24, 2.45) is 4.99 Å². The van der Waals surface area contributed by atoms with E-state index in [2.05, 4.69) is 4.99 Å². The molecule has 0 aliphatic carbocycles. The predicted molar refractivity (Wildman–Crippen MR) is 136 cm³/mol. The van der Waals surface area contributed by atoms with Crippen LogP contribution in [-0.2, 0) is 76.1 Å². The fourth-order valence-corrected chi connectivity index (χ4v) is 4.81. The summed E-state index contributed by atoms with van der Waals surface area (Å²) >= 11 is 0. The van der Waals surface area contributed by atoms with Gasteiger partial charge < -0.3 is 47.4 Å². The quantitative estimate of drug-likeness (QED) is 0.223. The van der Waals surface area contributed by atoms with Crippen LogP contribution in [0.2, 0.25) is 0 Å². The number of esters is 6. The van der Waals surface area contributed by atoms with Gasteiger partial charge in [-0.1, -0.05) is 0 Å². The Balaban J connectivity index is 2.07. The number of rotatable bonds is 10. The lowest BCUT2D eigenvalue weighted by atomic mass is 9.96. The molecule has 0 saturated carbocycles. The molecule has 3 aliphatic heterocycles. The summed E-state index contributed by atoms with van der Waals surface area (Å²) in [6.45, 7) is 7.36. The maximum absolute atomic E-state index is 12.2. The molecule has 17 heteroatoms. The first-order valence-electron chi connectivity index (χ1n) is 13.3. The molecule has 0 aromatic carbocycles. The maximum atomic E-state index is 12.2. The van der Waals surface area contributed by atoms with Crippen LogP contribution < -0.4 is 0 Å². The molecule has 1 unspecified atom stereocenters. The van der Waals surface area contributed by atoms with Crippen molar-refractivity contribution in [3.05, 3.63) is 0 Å². The number of ether oxygens (including phenoxy) is 10. The van der Waals surface area contributed by atoms with Gasteiger partial charge in [-0.05, 0) is 0 Å². The smallest absolute Gasteiger partial charge is 0.303 e. The molecule has 3 aliphatic rings. The summed E-state index contributed by atoms with van der Waals surface area (Å²) in [7, 11) is 0. The lowest BCUT2D eigenvalue weighted by Gasteiger charge is -2.47. The van der Waals surface area contributed by atoms with Crippen molar-refractivity contribution in [3.63, 3.8) is 0 Å². The molecule has 0 aromatic rings. The van der Waals surface area contributed by atoms with Crippen molar-refractivity contribution in [2.75, 3.05) is 13.2 Å². The monoisotopic (exact) mass is 617 g/mol. The van der Waals surface area contributed by atoms with Gasteiger partial charge in [0.05, 0.1) is 0 Å². The number of fused-ring (bicyclic) bond motifs is 1. The number of hydrogen-bond donors (Lipinski definition) is 0. The van der Waals surface area contributed by atoms with Crippen LogP contribution in [-0.4, -0.2) is 116 Å². The summed E-state index contributed by atoms with van der Waals surface area (Å²) in [5.74, 6) is -4.35. The molecule has 0 aromatic heterocycles. The number of aliphatic imine (C=N–C) groups is 1. The summed E-state index contributed by atoms with van der Waals surface area (Å²) in [6.07, 6.45) is -13.1. The van der Waals surface area contributed by atoms with Crippen LogP contribution in [0.4, 0.5) is 0 Å². The third-order valence-corrected chi connectivity index (χ3v) is 6.22. The highest BCUT2D eigenvalue weighted by atomic mass is 16.8. The van der Waals surface area contributed by atoms with Gasteiger partial charge in [0.2, 0.25) is 0 Å². The summed E-state index contributed by atoms with van der Waals surface area (Å²) in [5.41, 5.74) is 0. The molecule has 240 valence electrons. The van der Waals surface area contributed by atoms with E-state index in [4.69, 9.17) is 47.4 Å². The van der Waals surface area contributed by atoms with Crippen molar-refractivity contribution in [1.82, 2.24) is 0 Å². The van der Waals surface area contributed by atoms with Gasteiger partial charge >= 0.3 is 35.8 Å². The first-order chi connectivity index (χ1) is 20.2. The highest BCUT2D eigenvalue weighted by molar-refractivity contribution is 5.75. The minimum atomic E-state index is -1.65. The van der Waals surface area contributed by atoms with E-state index in [0.717, 1.165) is 34.6 Å². The van der Waals surface area contributed by atoms with Gasteiger partial charge in [-0.3, -0.25) is 28.8 Å². The summed E-state index contributed by atoms with van der Waals surface area (Å²) in [4.78, 5) is 76.1. The van der Waals surface area contributed by atoms with Crippen molar-refractivity contribution >= 4 is 41.7 Å². The van der Waals surface area contributed by atoms with E-state index in [1.54, 1.807) is 6.92 Å². The molecule has 0 amide bonds. The van der Waals surface area contributed by atoms with Crippen LogP contribution in [0.5, 0.6) is 0 Å². The number of nitrogens with zero attached hydrogens (tertiary/aromatic N) is 1. The Labute approximate surface area is 246 Å². The molecule has 0 N–H and O–H groups in total. The zero-order valence-electron chi connectivity index (χ0n) is 24.7.